The number of hydrogen-bond acceptors (Lipinski definition) is 4. The Labute approximate surface area is 155 Å². The Morgan fingerprint density at radius 2 is 1.96 bits per heavy atom. The number of amides is 1. The van der Waals surface area contributed by atoms with E-state index < -0.39 is 6.04 Å². The Morgan fingerprint density at radius 3 is 2.60 bits per heavy atom. The van der Waals surface area contributed by atoms with Crippen LogP contribution in [0.15, 0.2) is 30.3 Å². The molecule has 1 fully saturated rings. The third-order valence-electron chi connectivity index (χ3n) is 4.20. The summed E-state index contributed by atoms with van der Waals surface area (Å²) in [5, 5.41) is -0.105. The summed E-state index contributed by atoms with van der Waals surface area (Å²) in [7, 11) is 0. The van der Waals surface area contributed by atoms with Crippen LogP contribution >= 0.6 is 11.8 Å². The van der Waals surface area contributed by atoms with Crippen LogP contribution in [0, 0.1) is 5.92 Å². The Bertz CT molecular complexity index is 561. The molecule has 0 N–H and O–H groups in total. The zero-order chi connectivity index (χ0) is 18.2. The maximum absolute atomic E-state index is 12.9. The van der Waals surface area contributed by atoms with Gasteiger partial charge in [-0.25, -0.2) is 4.79 Å². The summed E-state index contributed by atoms with van der Waals surface area (Å²) >= 11 is 1.65. The first-order chi connectivity index (χ1) is 12.0. The summed E-state index contributed by atoms with van der Waals surface area (Å²) in [6, 6.07) is 9.46. The monoisotopic (exact) mass is 363 g/mol. The second kappa shape index (κ2) is 9.85. The number of benzene rings is 1. The predicted molar refractivity (Wildman–Crippen MR) is 102 cm³/mol. The van der Waals surface area contributed by atoms with Gasteiger partial charge in [-0.1, -0.05) is 63.9 Å². The van der Waals surface area contributed by atoms with Gasteiger partial charge >= 0.3 is 5.97 Å². The van der Waals surface area contributed by atoms with E-state index >= 15 is 0 Å². The van der Waals surface area contributed by atoms with Crippen LogP contribution in [-0.2, 0) is 14.3 Å². The molecular weight excluding hydrogens is 334 g/mol. The number of unbranched alkanes of at least 4 members (excludes halogenated alkanes) is 2. The number of rotatable bonds is 8. The van der Waals surface area contributed by atoms with Gasteiger partial charge in [0.05, 0.1) is 6.61 Å². The van der Waals surface area contributed by atoms with Crippen molar-refractivity contribution < 1.29 is 14.3 Å². The van der Waals surface area contributed by atoms with Crippen LogP contribution in [0.5, 0.6) is 0 Å². The zero-order valence-corrected chi connectivity index (χ0v) is 16.3. The lowest BCUT2D eigenvalue weighted by molar-refractivity contribution is -0.155. The minimum absolute atomic E-state index is 0.0544. The zero-order valence-electron chi connectivity index (χ0n) is 15.4. The molecular formula is C20H29NO3S. The number of carbonyl (C=O) groups is 2. The fourth-order valence-electron chi connectivity index (χ4n) is 2.87. The van der Waals surface area contributed by atoms with Crippen LogP contribution in [0.4, 0.5) is 0 Å². The lowest BCUT2D eigenvalue weighted by Crippen LogP contribution is -2.44. The number of esters is 1. The quantitative estimate of drug-likeness (QED) is 0.507. The van der Waals surface area contributed by atoms with E-state index in [-0.39, 0.29) is 23.2 Å². The van der Waals surface area contributed by atoms with Gasteiger partial charge in [0.1, 0.15) is 11.4 Å². The van der Waals surface area contributed by atoms with Crippen LogP contribution in [-0.4, -0.2) is 35.2 Å². The van der Waals surface area contributed by atoms with E-state index in [1.165, 1.54) is 0 Å². The minimum Gasteiger partial charge on any atom is -0.464 e. The first-order valence-corrected chi connectivity index (χ1v) is 10.2. The Hall–Kier alpha value is -1.49. The topological polar surface area (TPSA) is 46.6 Å². The first-order valence-electron chi connectivity index (χ1n) is 9.19. The molecule has 1 aliphatic rings. The summed E-state index contributed by atoms with van der Waals surface area (Å²) in [5.74, 6) is 0.662. The van der Waals surface area contributed by atoms with E-state index in [1.807, 2.05) is 44.2 Å². The highest BCUT2D eigenvalue weighted by molar-refractivity contribution is 7.99. The fourth-order valence-corrected chi connectivity index (χ4v) is 4.30. The summed E-state index contributed by atoms with van der Waals surface area (Å²) in [6.45, 7) is 6.54. The lowest BCUT2D eigenvalue weighted by Gasteiger charge is -2.29. The third kappa shape index (κ3) is 5.50. The maximum atomic E-state index is 12.9. The van der Waals surface area contributed by atoms with Gasteiger partial charge in [-0.2, -0.15) is 0 Å². The van der Waals surface area contributed by atoms with E-state index in [0.29, 0.717) is 18.8 Å². The van der Waals surface area contributed by atoms with Gasteiger partial charge in [0.15, 0.2) is 0 Å². The fraction of sp³-hybridized carbons (Fsp3) is 0.600. The predicted octanol–water partition coefficient (Wildman–Crippen LogP) is 4.41. The molecule has 1 amide bonds. The molecule has 0 radical (unpaired) electrons. The molecule has 0 saturated carbocycles. The van der Waals surface area contributed by atoms with Gasteiger partial charge in [-0.3, -0.25) is 4.79 Å². The summed E-state index contributed by atoms with van der Waals surface area (Å²) in [6.07, 6.45) is 3.46. The van der Waals surface area contributed by atoms with Crippen LogP contribution in [0.3, 0.4) is 0 Å². The average molecular weight is 364 g/mol. The van der Waals surface area contributed by atoms with Gasteiger partial charge in [-0.05, 0) is 17.9 Å². The van der Waals surface area contributed by atoms with E-state index in [9.17, 15) is 9.59 Å². The van der Waals surface area contributed by atoms with Gasteiger partial charge in [0.2, 0.25) is 5.91 Å². The molecule has 1 aromatic carbocycles. The third-order valence-corrected chi connectivity index (χ3v) is 5.52. The van der Waals surface area contributed by atoms with Gasteiger partial charge in [-0.15, -0.1) is 11.8 Å². The molecule has 1 aliphatic heterocycles. The second-order valence-corrected chi connectivity index (χ2v) is 8.01. The molecule has 4 nitrogen and oxygen atoms in total. The highest BCUT2D eigenvalue weighted by Crippen LogP contribution is 2.42. The van der Waals surface area contributed by atoms with Crippen molar-refractivity contribution in [2.45, 2.75) is 57.9 Å². The van der Waals surface area contributed by atoms with Crippen molar-refractivity contribution >= 4 is 23.6 Å². The van der Waals surface area contributed by atoms with Gasteiger partial charge in [0, 0.05) is 12.2 Å². The maximum Gasteiger partial charge on any atom is 0.329 e. The molecule has 2 unspecified atom stereocenters. The SMILES string of the molecule is CCCCCC(=O)N1C(C(=O)OCC(C)C)CSC1c1ccccc1. The van der Waals surface area contributed by atoms with Crippen molar-refractivity contribution in [3.63, 3.8) is 0 Å². The molecule has 25 heavy (non-hydrogen) atoms. The van der Waals surface area contributed by atoms with E-state index in [0.717, 1.165) is 24.8 Å². The van der Waals surface area contributed by atoms with Crippen molar-refractivity contribution in [3.8, 4) is 0 Å². The molecule has 0 aliphatic carbocycles. The highest BCUT2D eigenvalue weighted by Gasteiger charge is 2.42. The van der Waals surface area contributed by atoms with Crippen molar-refractivity contribution in [1.82, 2.24) is 4.90 Å². The van der Waals surface area contributed by atoms with Crippen LogP contribution in [0.25, 0.3) is 0 Å². The molecule has 0 aromatic heterocycles. The number of thioether (sulfide) groups is 1. The molecule has 1 aromatic rings. The molecule has 0 spiro atoms. The lowest BCUT2D eigenvalue weighted by atomic mass is 10.1. The van der Waals surface area contributed by atoms with Crippen LogP contribution in [0.2, 0.25) is 0 Å². The number of carbonyl (C=O) groups excluding carboxylic acids is 2. The second-order valence-electron chi connectivity index (χ2n) is 6.89. The summed E-state index contributed by atoms with van der Waals surface area (Å²) in [5.41, 5.74) is 1.07. The standard InChI is InChI=1S/C20H29NO3S/c1-4-5-7-12-18(22)21-17(20(23)24-13-15(2)3)14-25-19(21)16-10-8-6-9-11-16/h6,8-11,15,17,19H,4-5,7,12-14H2,1-3H3. The molecule has 2 atom stereocenters. The summed E-state index contributed by atoms with van der Waals surface area (Å²) < 4.78 is 5.43. The number of hydrogen-bond donors (Lipinski definition) is 0. The van der Waals surface area contributed by atoms with Gasteiger partial charge in [0.25, 0.3) is 0 Å². The molecule has 1 saturated heterocycles. The Balaban J connectivity index is 2.14. The van der Waals surface area contributed by atoms with Crippen molar-refractivity contribution in [1.29, 1.82) is 0 Å². The van der Waals surface area contributed by atoms with Crippen LogP contribution < -0.4 is 0 Å². The molecule has 0 bridgehead atoms. The number of ether oxygens (including phenoxy) is 1. The van der Waals surface area contributed by atoms with E-state index in [4.69, 9.17) is 4.74 Å². The first kappa shape index (κ1) is 19.8. The van der Waals surface area contributed by atoms with Crippen molar-refractivity contribution in [2.24, 2.45) is 5.92 Å². The normalized spacial score (nSPS) is 20.1. The summed E-state index contributed by atoms with van der Waals surface area (Å²) in [4.78, 5) is 27.2. The minimum atomic E-state index is -0.483. The highest BCUT2D eigenvalue weighted by atomic mass is 32.2. The van der Waals surface area contributed by atoms with E-state index in [2.05, 4.69) is 6.92 Å². The molecule has 5 heteroatoms. The Kier molecular flexibility index (Phi) is 7.82. The molecule has 1 heterocycles. The van der Waals surface area contributed by atoms with Crippen LogP contribution in [0.1, 0.15) is 57.4 Å². The van der Waals surface area contributed by atoms with Crippen molar-refractivity contribution in [2.75, 3.05) is 12.4 Å². The largest absolute Gasteiger partial charge is 0.464 e. The molecule has 138 valence electrons. The Morgan fingerprint density at radius 1 is 1.24 bits per heavy atom. The average Bonchev–Trinajstić information content (AvgIpc) is 3.05. The number of nitrogens with zero attached hydrogens (tertiary/aromatic N) is 1. The smallest absolute Gasteiger partial charge is 0.329 e. The molecule has 2 rings (SSSR count). The van der Waals surface area contributed by atoms with E-state index in [1.54, 1.807) is 16.7 Å². The van der Waals surface area contributed by atoms with Crippen molar-refractivity contribution in [3.05, 3.63) is 35.9 Å². The van der Waals surface area contributed by atoms with Gasteiger partial charge < -0.3 is 9.64 Å².